The number of hydrogen-bond donors (Lipinski definition) is 4. The van der Waals surface area contributed by atoms with E-state index in [-0.39, 0.29) is 36.5 Å². The number of rotatable bonds is 14. The van der Waals surface area contributed by atoms with E-state index in [2.05, 4.69) is 21.2 Å². The molecule has 2 aromatic carbocycles. The van der Waals surface area contributed by atoms with Crippen LogP contribution in [0.1, 0.15) is 43.2 Å². The molecular formula is C25H32BrF2N3O3. The molecule has 0 saturated carbocycles. The number of halogens is 3. The number of Topliss-reactive ketones (excluding diaryl/α,β-unsaturated/α-hetero) is 1. The fourth-order valence-electron chi connectivity index (χ4n) is 3.58. The predicted molar refractivity (Wildman–Crippen MR) is 131 cm³/mol. The van der Waals surface area contributed by atoms with Crippen LogP contribution in [0.4, 0.5) is 8.78 Å². The molecule has 0 fully saturated rings. The number of aliphatic hydroxyl groups excluding tert-OH is 1. The summed E-state index contributed by atoms with van der Waals surface area (Å²) in [7, 11) is 0. The Kier molecular flexibility index (Phi) is 11.8. The van der Waals surface area contributed by atoms with Gasteiger partial charge in [-0.3, -0.25) is 9.59 Å². The van der Waals surface area contributed by atoms with Crippen LogP contribution in [0.2, 0.25) is 0 Å². The van der Waals surface area contributed by atoms with Gasteiger partial charge in [0, 0.05) is 35.9 Å². The molecule has 0 aliphatic heterocycles. The first-order valence-electron chi connectivity index (χ1n) is 11.3. The number of unbranched alkanes of at least 4 members (excludes halogenated alkanes) is 2. The third kappa shape index (κ3) is 9.97. The van der Waals surface area contributed by atoms with E-state index in [1.54, 1.807) is 0 Å². The van der Waals surface area contributed by atoms with E-state index in [1.165, 1.54) is 0 Å². The molecule has 0 saturated heterocycles. The van der Waals surface area contributed by atoms with Gasteiger partial charge in [0.1, 0.15) is 17.7 Å². The zero-order valence-electron chi connectivity index (χ0n) is 19.0. The van der Waals surface area contributed by atoms with Crippen LogP contribution in [0.25, 0.3) is 0 Å². The third-order valence-electron chi connectivity index (χ3n) is 5.48. The van der Waals surface area contributed by atoms with Gasteiger partial charge < -0.3 is 21.9 Å². The lowest BCUT2D eigenvalue weighted by molar-refractivity contribution is -0.128. The number of hydrogen-bond acceptors (Lipinski definition) is 5. The van der Waals surface area contributed by atoms with Crippen molar-refractivity contribution in [1.29, 1.82) is 0 Å². The fourth-order valence-corrected chi connectivity index (χ4v) is 3.85. The van der Waals surface area contributed by atoms with Crippen LogP contribution in [0, 0.1) is 11.6 Å². The maximum absolute atomic E-state index is 13.7. The van der Waals surface area contributed by atoms with Gasteiger partial charge in [0.15, 0.2) is 5.78 Å². The molecule has 0 aliphatic rings. The highest BCUT2D eigenvalue weighted by Gasteiger charge is 2.22. The summed E-state index contributed by atoms with van der Waals surface area (Å²) >= 11 is 3.36. The van der Waals surface area contributed by atoms with E-state index in [9.17, 15) is 23.5 Å². The van der Waals surface area contributed by atoms with Crippen molar-refractivity contribution >= 4 is 27.6 Å². The van der Waals surface area contributed by atoms with Gasteiger partial charge in [0.2, 0.25) is 5.91 Å². The van der Waals surface area contributed by atoms with E-state index < -0.39 is 29.8 Å². The minimum atomic E-state index is -1.22. The van der Waals surface area contributed by atoms with Crippen molar-refractivity contribution in [2.75, 3.05) is 6.54 Å². The lowest BCUT2D eigenvalue weighted by Crippen LogP contribution is -2.42. The zero-order chi connectivity index (χ0) is 25.1. The maximum Gasteiger partial charge on any atom is 0.221 e. The standard InChI is InChI=1S/C25H32BrF2N3O3/c26-18-7-5-16(6-8-18)12-22(30)25(34)23(32)4-2-1-3-11-31-24(33)15-20(29)14-17-13-19(27)9-10-21(17)28/h5-10,13,20,22,25,34H,1-4,11-12,14-15,29-30H2,(H,31,33). The number of carbonyl (C=O) groups is 2. The zero-order valence-corrected chi connectivity index (χ0v) is 20.6. The number of nitrogens with two attached hydrogens (primary N) is 2. The van der Waals surface area contributed by atoms with Crippen molar-refractivity contribution in [3.8, 4) is 0 Å². The Morgan fingerprint density at radius 1 is 1.00 bits per heavy atom. The van der Waals surface area contributed by atoms with Gasteiger partial charge in [-0.15, -0.1) is 0 Å². The van der Waals surface area contributed by atoms with Crippen LogP contribution in [0.3, 0.4) is 0 Å². The lowest BCUT2D eigenvalue weighted by Gasteiger charge is -2.18. The number of nitrogens with one attached hydrogen (secondary N) is 1. The van der Waals surface area contributed by atoms with Gasteiger partial charge >= 0.3 is 0 Å². The second-order valence-electron chi connectivity index (χ2n) is 8.47. The van der Waals surface area contributed by atoms with Crippen LogP contribution in [-0.2, 0) is 22.4 Å². The van der Waals surface area contributed by atoms with E-state index in [0.717, 1.165) is 28.2 Å². The normalized spacial score (nSPS) is 13.8. The average molecular weight is 540 g/mol. The smallest absolute Gasteiger partial charge is 0.221 e. The Balaban J connectivity index is 1.58. The summed E-state index contributed by atoms with van der Waals surface area (Å²) in [5.74, 6) is -1.66. The molecule has 9 heteroatoms. The van der Waals surface area contributed by atoms with Gasteiger partial charge in [-0.25, -0.2) is 8.78 Å². The molecule has 6 nitrogen and oxygen atoms in total. The summed E-state index contributed by atoms with van der Waals surface area (Å²) in [6.07, 6.45) is 1.40. The summed E-state index contributed by atoms with van der Waals surface area (Å²) in [5, 5.41) is 12.9. The van der Waals surface area contributed by atoms with Crippen molar-refractivity contribution in [3.05, 3.63) is 69.7 Å². The van der Waals surface area contributed by atoms with Gasteiger partial charge in [-0.05, 0) is 67.1 Å². The molecule has 0 aromatic heterocycles. The summed E-state index contributed by atoms with van der Waals surface area (Å²) < 4.78 is 27.9. The average Bonchev–Trinajstić information content (AvgIpc) is 2.79. The Bertz CT molecular complexity index is 944. The molecular weight excluding hydrogens is 508 g/mol. The topological polar surface area (TPSA) is 118 Å². The molecule has 0 aliphatic carbocycles. The monoisotopic (exact) mass is 539 g/mol. The van der Waals surface area contributed by atoms with E-state index in [4.69, 9.17) is 11.5 Å². The quantitative estimate of drug-likeness (QED) is 0.275. The fraction of sp³-hybridized carbons (Fsp3) is 0.440. The highest BCUT2D eigenvalue weighted by molar-refractivity contribution is 9.10. The molecule has 6 N–H and O–H groups in total. The molecule has 0 radical (unpaired) electrons. The Labute approximate surface area is 207 Å². The maximum atomic E-state index is 13.7. The van der Waals surface area contributed by atoms with Crippen molar-refractivity contribution in [3.63, 3.8) is 0 Å². The number of aliphatic hydroxyl groups is 1. The summed E-state index contributed by atoms with van der Waals surface area (Å²) in [6, 6.07) is 9.40. The second-order valence-corrected chi connectivity index (χ2v) is 9.39. The van der Waals surface area contributed by atoms with Crippen molar-refractivity contribution in [1.82, 2.24) is 5.32 Å². The van der Waals surface area contributed by atoms with Gasteiger partial charge in [-0.2, -0.15) is 0 Å². The van der Waals surface area contributed by atoms with E-state index in [0.29, 0.717) is 32.2 Å². The van der Waals surface area contributed by atoms with Crippen LogP contribution in [0.15, 0.2) is 46.9 Å². The summed E-state index contributed by atoms with van der Waals surface area (Å²) in [6.45, 7) is 0.416. The molecule has 2 rings (SSSR count). The van der Waals surface area contributed by atoms with E-state index >= 15 is 0 Å². The summed E-state index contributed by atoms with van der Waals surface area (Å²) in [5.41, 5.74) is 13.0. The first-order chi connectivity index (χ1) is 16.2. The van der Waals surface area contributed by atoms with Gasteiger partial charge in [0.05, 0.1) is 0 Å². The lowest BCUT2D eigenvalue weighted by atomic mass is 9.97. The largest absolute Gasteiger partial charge is 0.384 e. The number of carbonyl (C=O) groups excluding carboxylic acids is 2. The number of amides is 1. The first-order valence-corrected chi connectivity index (χ1v) is 12.1. The van der Waals surface area contributed by atoms with Crippen LogP contribution < -0.4 is 16.8 Å². The molecule has 3 atom stereocenters. The van der Waals surface area contributed by atoms with Crippen LogP contribution >= 0.6 is 15.9 Å². The summed E-state index contributed by atoms with van der Waals surface area (Å²) in [4.78, 5) is 24.2. The minimum absolute atomic E-state index is 0.00309. The molecule has 2 aromatic rings. The van der Waals surface area contributed by atoms with Crippen LogP contribution in [-0.4, -0.2) is 41.5 Å². The third-order valence-corrected chi connectivity index (χ3v) is 6.01. The molecule has 34 heavy (non-hydrogen) atoms. The molecule has 0 heterocycles. The Morgan fingerprint density at radius 2 is 1.71 bits per heavy atom. The van der Waals surface area contributed by atoms with Gasteiger partial charge in [-0.1, -0.05) is 34.5 Å². The highest BCUT2D eigenvalue weighted by Crippen LogP contribution is 2.14. The van der Waals surface area contributed by atoms with Crippen LogP contribution in [0.5, 0.6) is 0 Å². The molecule has 186 valence electrons. The number of ketones is 1. The first kappa shape index (κ1) is 28.0. The molecule has 1 amide bonds. The predicted octanol–water partition coefficient (Wildman–Crippen LogP) is 3.16. The minimum Gasteiger partial charge on any atom is -0.384 e. The van der Waals surface area contributed by atoms with E-state index in [1.807, 2.05) is 24.3 Å². The van der Waals surface area contributed by atoms with Gasteiger partial charge in [0.25, 0.3) is 0 Å². The SMILES string of the molecule is NC(CC(=O)NCCCCCC(=O)C(O)C(N)Cc1ccc(Br)cc1)Cc1cc(F)ccc1F. The Hall–Kier alpha value is -2.20. The molecule has 0 spiro atoms. The highest BCUT2D eigenvalue weighted by atomic mass is 79.9. The van der Waals surface area contributed by atoms with Crippen molar-refractivity contribution in [2.24, 2.45) is 11.5 Å². The molecule has 0 bridgehead atoms. The van der Waals surface area contributed by atoms with Crippen molar-refractivity contribution in [2.45, 2.75) is 63.1 Å². The second kappa shape index (κ2) is 14.3. The number of benzene rings is 2. The Morgan fingerprint density at radius 3 is 2.41 bits per heavy atom. The van der Waals surface area contributed by atoms with Crippen molar-refractivity contribution < 1.29 is 23.5 Å². The molecule has 3 unspecified atom stereocenters.